The largest absolute Gasteiger partial charge is 0.495 e. The minimum absolute atomic E-state index is 0.577. The van der Waals surface area contributed by atoms with E-state index in [9.17, 15) is 0 Å². The Morgan fingerprint density at radius 3 is 3.06 bits per heavy atom. The van der Waals surface area contributed by atoms with Gasteiger partial charge in [0, 0.05) is 24.2 Å². The van der Waals surface area contributed by atoms with Crippen LogP contribution < -0.4 is 15.0 Å². The molecule has 100 valence electrons. The average Bonchev–Trinajstić information content (AvgIpc) is 2.85. The predicted molar refractivity (Wildman–Crippen MR) is 76.9 cm³/mol. The molecule has 1 heterocycles. The Morgan fingerprint density at radius 2 is 2.33 bits per heavy atom. The fourth-order valence-corrected chi connectivity index (χ4v) is 2.57. The van der Waals surface area contributed by atoms with Gasteiger partial charge in [-0.25, -0.2) is 0 Å². The van der Waals surface area contributed by atoms with Crippen molar-refractivity contribution >= 4 is 17.3 Å². The van der Waals surface area contributed by atoms with Crippen molar-refractivity contribution in [1.82, 2.24) is 5.32 Å². The van der Waals surface area contributed by atoms with Crippen molar-refractivity contribution in [2.45, 2.75) is 25.8 Å². The van der Waals surface area contributed by atoms with Crippen molar-refractivity contribution in [3.8, 4) is 5.75 Å². The Balaban J connectivity index is 2.06. The summed E-state index contributed by atoms with van der Waals surface area (Å²) < 4.78 is 5.41. The molecule has 1 aromatic rings. The van der Waals surface area contributed by atoms with Crippen molar-refractivity contribution in [2.24, 2.45) is 0 Å². The van der Waals surface area contributed by atoms with Gasteiger partial charge in [0.05, 0.1) is 12.8 Å². The lowest BCUT2D eigenvalue weighted by molar-refractivity contribution is 0.414. The fraction of sp³-hybridized carbons (Fsp3) is 0.571. The van der Waals surface area contributed by atoms with Gasteiger partial charge in [-0.1, -0.05) is 18.5 Å². The highest BCUT2D eigenvalue weighted by Crippen LogP contribution is 2.33. The monoisotopic (exact) mass is 268 g/mol. The molecule has 1 aliphatic rings. The molecule has 0 amide bonds. The van der Waals surface area contributed by atoms with E-state index >= 15 is 0 Å². The molecule has 1 aromatic carbocycles. The third-order valence-corrected chi connectivity index (χ3v) is 3.59. The van der Waals surface area contributed by atoms with Crippen LogP contribution in [0.3, 0.4) is 0 Å². The molecule has 0 radical (unpaired) electrons. The maximum absolute atomic E-state index is 6.07. The molecule has 0 spiro atoms. The van der Waals surface area contributed by atoms with Crippen LogP contribution >= 0.6 is 11.6 Å². The number of ether oxygens (including phenoxy) is 1. The van der Waals surface area contributed by atoms with Gasteiger partial charge >= 0.3 is 0 Å². The second kappa shape index (κ2) is 6.30. The number of hydrogen-bond acceptors (Lipinski definition) is 3. The van der Waals surface area contributed by atoms with Gasteiger partial charge in [0.2, 0.25) is 0 Å². The Kier molecular flexibility index (Phi) is 4.72. The molecule has 1 aliphatic heterocycles. The van der Waals surface area contributed by atoms with Gasteiger partial charge in [0.1, 0.15) is 5.75 Å². The summed E-state index contributed by atoms with van der Waals surface area (Å²) in [5.74, 6) is 0.899. The standard InChI is InChI=1S/C14H21ClN2O/c1-3-7-16-12-6-8-17(10-12)13-9-11(15)4-5-14(13)18-2/h4-5,9,12,16H,3,6-8,10H2,1-2H3. The predicted octanol–water partition coefficient (Wildman–Crippen LogP) is 2.93. The lowest BCUT2D eigenvalue weighted by Gasteiger charge is -2.21. The maximum atomic E-state index is 6.07. The van der Waals surface area contributed by atoms with Gasteiger partial charge < -0.3 is 15.0 Å². The highest BCUT2D eigenvalue weighted by molar-refractivity contribution is 6.30. The molecule has 4 heteroatoms. The van der Waals surface area contributed by atoms with Gasteiger partial charge in [0.15, 0.2) is 0 Å². The highest BCUT2D eigenvalue weighted by Gasteiger charge is 2.24. The molecular weight excluding hydrogens is 248 g/mol. The topological polar surface area (TPSA) is 24.5 Å². The van der Waals surface area contributed by atoms with Crippen molar-refractivity contribution in [3.05, 3.63) is 23.2 Å². The van der Waals surface area contributed by atoms with E-state index in [0.29, 0.717) is 6.04 Å². The molecular formula is C14H21ClN2O. The summed E-state index contributed by atoms with van der Waals surface area (Å²) in [4.78, 5) is 2.35. The van der Waals surface area contributed by atoms with Crippen molar-refractivity contribution in [1.29, 1.82) is 0 Å². The summed E-state index contributed by atoms with van der Waals surface area (Å²) >= 11 is 6.07. The summed E-state index contributed by atoms with van der Waals surface area (Å²) in [5, 5.41) is 4.33. The van der Waals surface area contributed by atoms with Crippen LogP contribution in [0.4, 0.5) is 5.69 Å². The molecule has 1 saturated heterocycles. The maximum Gasteiger partial charge on any atom is 0.142 e. The first-order valence-electron chi connectivity index (χ1n) is 6.56. The van der Waals surface area contributed by atoms with E-state index in [0.717, 1.165) is 36.1 Å². The lowest BCUT2D eigenvalue weighted by atomic mass is 10.2. The molecule has 0 aliphatic carbocycles. The number of anilines is 1. The van der Waals surface area contributed by atoms with Crippen LogP contribution in [0.15, 0.2) is 18.2 Å². The number of nitrogens with one attached hydrogen (secondary N) is 1. The van der Waals surface area contributed by atoms with E-state index < -0.39 is 0 Å². The molecule has 0 aromatic heterocycles. The molecule has 1 unspecified atom stereocenters. The van der Waals surface area contributed by atoms with Crippen molar-refractivity contribution < 1.29 is 4.74 Å². The number of nitrogens with zero attached hydrogens (tertiary/aromatic N) is 1. The van der Waals surface area contributed by atoms with Gasteiger partial charge in [-0.2, -0.15) is 0 Å². The second-order valence-electron chi connectivity index (χ2n) is 4.70. The Labute approximate surface area is 114 Å². The van der Waals surface area contributed by atoms with Crippen LogP contribution in [0.25, 0.3) is 0 Å². The first-order chi connectivity index (χ1) is 8.74. The fourth-order valence-electron chi connectivity index (χ4n) is 2.40. The summed E-state index contributed by atoms with van der Waals surface area (Å²) in [5.41, 5.74) is 1.10. The molecule has 1 fully saturated rings. The second-order valence-corrected chi connectivity index (χ2v) is 5.14. The summed E-state index contributed by atoms with van der Waals surface area (Å²) in [7, 11) is 1.70. The Bertz CT molecular complexity index is 397. The van der Waals surface area contributed by atoms with Crippen LogP contribution in [0, 0.1) is 0 Å². The number of benzene rings is 1. The minimum atomic E-state index is 0.577. The molecule has 0 bridgehead atoms. The van der Waals surface area contributed by atoms with Crippen LogP contribution in [0.2, 0.25) is 5.02 Å². The third kappa shape index (κ3) is 3.09. The molecule has 18 heavy (non-hydrogen) atoms. The van der Waals surface area contributed by atoms with E-state index in [1.807, 2.05) is 18.2 Å². The molecule has 2 rings (SSSR count). The molecule has 0 saturated carbocycles. The van der Waals surface area contributed by atoms with Crippen LogP contribution in [0.5, 0.6) is 5.75 Å². The zero-order valence-corrected chi connectivity index (χ0v) is 11.8. The van der Waals surface area contributed by atoms with Crippen LogP contribution in [0.1, 0.15) is 19.8 Å². The SMILES string of the molecule is CCCNC1CCN(c2cc(Cl)ccc2OC)C1. The number of rotatable bonds is 5. The van der Waals surface area contributed by atoms with E-state index in [4.69, 9.17) is 16.3 Å². The first-order valence-corrected chi connectivity index (χ1v) is 6.94. The number of hydrogen-bond donors (Lipinski definition) is 1. The first kappa shape index (κ1) is 13.5. The smallest absolute Gasteiger partial charge is 0.142 e. The molecule has 1 atom stereocenters. The van der Waals surface area contributed by atoms with E-state index in [1.54, 1.807) is 7.11 Å². The quantitative estimate of drug-likeness (QED) is 0.889. The normalized spacial score (nSPS) is 19.3. The Morgan fingerprint density at radius 1 is 1.50 bits per heavy atom. The lowest BCUT2D eigenvalue weighted by Crippen LogP contribution is -2.33. The highest BCUT2D eigenvalue weighted by atomic mass is 35.5. The average molecular weight is 269 g/mol. The summed E-state index contributed by atoms with van der Waals surface area (Å²) in [6, 6.07) is 6.37. The number of halogens is 1. The van der Waals surface area contributed by atoms with Crippen LogP contribution in [-0.2, 0) is 0 Å². The zero-order chi connectivity index (χ0) is 13.0. The van der Waals surface area contributed by atoms with E-state index in [2.05, 4.69) is 17.1 Å². The van der Waals surface area contributed by atoms with Gasteiger partial charge in [0.25, 0.3) is 0 Å². The van der Waals surface area contributed by atoms with E-state index in [-0.39, 0.29) is 0 Å². The van der Waals surface area contributed by atoms with Gasteiger partial charge in [-0.15, -0.1) is 0 Å². The number of methoxy groups -OCH3 is 1. The molecule has 3 nitrogen and oxygen atoms in total. The third-order valence-electron chi connectivity index (χ3n) is 3.35. The zero-order valence-electron chi connectivity index (χ0n) is 11.1. The van der Waals surface area contributed by atoms with Crippen LogP contribution in [-0.4, -0.2) is 32.8 Å². The van der Waals surface area contributed by atoms with Gasteiger partial charge in [-0.05, 0) is 37.6 Å². The summed E-state index contributed by atoms with van der Waals surface area (Å²) in [6.45, 7) is 5.36. The van der Waals surface area contributed by atoms with Crippen molar-refractivity contribution in [3.63, 3.8) is 0 Å². The van der Waals surface area contributed by atoms with Gasteiger partial charge in [-0.3, -0.25) is 0 Å². The van der Waals surface area contributed by atoms with Crippen molar-refractivity contribution in [2.75, 3.05) is 31.6 Å². The molecule has 1 N–H and O–H groups in total. The summed E-state index contributed by atoms with van der Waals surface area (Å²) in [6.07, 6.45) is 2.35. The minimum Gasteiger partial charge on any atom is -0.495 e. The van der Waals surface area contributed by atoms with E-state index in [1.165, 1.54) is 12.8 Å². The Hall–Kier alpha value is -0.930.